The molecule has 7 nitrogen and oxygen atoms in total. The number of halogens is 3. The quantitative estimate of drug-likeness (QED) is 0.385. The lowest BCUT2D eigenvalue weighted by Crippen LogP contribution is -2.08. The summed E-state index contributed by atoms with van der Waals surface area (Å²) in [5, 5.41) is 22.7. The molecular formula is C19H11F3N2O5. The van der Waals surface area contributed by atoms with Gasteiger partial charge in [0.2, 0.25) is 0 Å². The minimum atomic E-state index is -5.00. The van der Waals surface area contributed by atoms with Gasteiger partial charge in [0.25, 0.3) is 5.75 Å². The van der Waals surface area contributed by atoms with Crippen LogP contribution in [0.25, 0.3) is 11.1 Å². The number of hydrogen-bond donors (Lipinski definition) is 0. The highest BCUT2D eigenvalue weighted by molar-refractivity contribution is 5.72. The number of nitro groups is 2. The number of ether oxygens (including phenoxy) is 1. The van der Waals surface area contributed by atoms with Crippen LogP contribution in [0.1, 0.15) is 5.56 Å². The highest BCUT2D eigenvalue weighted by atomic mass is 19.4. The fraction of sp³-hybridized carbons (Fsp3) is 0.0526. The van der Waals surface area contributed by atoms with Gasteiger partial charge in [0.1, 0.15) is 5.75 Å². The van der Waals surface area contributed by atoms with Gasteiger partial charge in [-0.25, -0.2) is 0 Å². The lowest BCUT2D eigenvalue weighted by molar-refractivity contribution is -0.396. The monoisotopic (exact) mass is 404 g/mol. The summed E-state index contributed by atoms with van der Waals surface area (Å²) in [4.78, 5) is 20.4. The predicted molar refractivity (Wildman–Crippen MR) is 96.7 cm³/mol. The Kier molecular flexibility index (Phi) is 5.18. The third-order valence-electron chi connectivity index (χ3n) is 3.95. The third kappa shape index (κ3) is 4.15. The zero-order valence-electron chi connectivity index (χ0n) is 14.4. The second-order valence-corrected chi connectivity index (χ2v) is 5.82. The smallest absolute Gasteiger partial charge is 0.416 e. The van der Waals surface area contributed by atoms with Crippen molar-refractivity contribution in [1.82, 2.24) is 0 Å². The van der Waals surface area contributed by atoms with E-state index in [9.17, 15) is 33.4 Å². The first-order valence-electron chi connectivity index (χ1n) is 8.05. The predicted octanol–water partition coefficient (Wildman–Crippen LogP) is 5.98. The first kappa shape index (κ1) is 19.8. The zero-order chi connectivity index (χ0) is 21.2. The van der Waals surface area contributed by atoms with Crippen molar-refractivity contribution in [2.24, 2.45) is 0 Å². The van der Waals surface area contributed by atoms with Gasteiger partial charge in [-0.1, -0.05) is 48.5 Å². The van der Waals surface area contributed by atoms with Crippen LogP contribution in [0.2, 0.25) is 0 Å². The van der Waals surface area contributed by atoms with E-state index in [4.69, 9.17) is 4.74 Å². The molecule has 0 saturated heterocycles. The molecule has 148 valence electrons. The number of nitrogens with zero attached hydrogens (tertiary/aromatic N) is 2. The Morgan fingerprint density at radius 3 is 1.83 bits per heavy atom. The van der Waals surface area contributed by atoms with Crippen LogP contribution in [0, 0.1) is 20.2 Å². The van der Waals surface area contributed by atoms with E-state index in [2.05, 4.69) is 0 Å². The van der Waals surface area contributed by atoms with E-state index in [1.54, 1.807) is 42.5 Å². The van der Waals surface area contributed by atoms with Gasteiger partial charge in [-0.15, -0.1) is 0 Å². The number of nitro benzene ring substituents is 2. The summed E-state index contributed by atoms with van der Waals surface area (Å²) >= 11 is 0. The van der Waals surface area contributed by atoms with Crippen LogP contribution in [0.15, 0.2) is 66.7 Å². The van der Waals surface area contributed by atoms with Gasteiger partial charge in [-0.3, -0.25) is 20.2 Å². The highest BCUT2D eigenvalue weighted by Gasteiger charge is 2.38. The van der Waals surface area contributed by atoms with Crippen LogP contribution in [0.4, 0.5) is 24.5 Å². The van der Waals surface area contributed by atoms with Crippen LogP contribution in [0.5, 0.6) is 11.5 Å². The molecule has 0 atom stereocenters. The number of para-hydroxylation sites is 1. The summed E-state index contributed by atoms with van der Waals surface area (Å²) in [6, 6.07) is 15.3. The molecule has 0 bridgehead atoms. The molecule has 10 heteroatoms. The van der Waals surface area contributed by atoms with Crippen LogP contribution in [-0.4, -0.2) is 9.85 Å². The molecule has 3 aromatic carbocycles. The first-order chi connectivity index (χ1) is 13.7. The van der Waals surface area contributed by atoms with Crippen molar-refractivity contribution in [3.05, 3.63) is 92.5 Å². The number of benzene rings is 3. The fourth-order valence-corrected chi connectivity index (χ4v) is 2.66. The van der Waals surface area contributed by atoms with Gasteiger partial charge in [0.15, 0.2) is 0 Å². The van der Waals surface area contributed by atoms with Crippen molar-refractivity contribution in [1.29, 1.82) is 0 Å². The van der Waals surface area contributed by atoms with Crippen LogP contribution >= 0.6 is 0 Å². The number of alkyl halides is 3. The van der Waals surface area contributed by atoms with Gasteiger partial charge in [-0.2, -0.15) is 13.2 Å². The Balaban J connectivity index is 2.20. The number of rotatable bonds is 5. The molecule has 0 amide bonds. The standard InChI is InChI=1S/C19H11F3N2O5/c20-19(21,22)13-10-15(23(25)26)18(16(11-13)24(27)28)29-17-9-5-4-8-14(17)12-6-2-1-3-7-12/h1-11H. The molecule has 0 aliphatic rings. The molecule has 0 aliphatic heterocycles. The van der Waals surface area contributed by atoms with Gasteiger partial charge >= 0.3 is 17.6 Å². The average molecular weight is 404 g/mol. The zero-order valence-corrected chi connectivity index (χ0v) is 14.4. The topological polar surface area (TPSA) is 95.5 Å². The molecule has 0 aromatic heterocycles. The first-order valence-corrected chi connectivity index (χ1v) is 8.05. The van der Waals surface area contributed by atoms with Crippen molar-refractivity contribution in [2.75, 3.05) is 0 Å². The molecule has 0 saturated carbocycles. The van der Waals surface area contributed by atoms with Crippen LogP contribution in [-0.2, 0) is 6.18 Å². The Bertz CT molecular complexity index is 1050. The van der Waals surface area contributed by atoms with E-state index in [-0.39, 0.29) is 17.9 Å². The van der Waals surface area contributed by atoms with Gasteiger partial charge in [0.05, 0.1) is 15.4 Å². The SMILES string of the molecule is O=[N+]([O-])c1cc(C(F)(F)F)cc([N+](=O)[O-])c1Oc1ccccc1-c1ccccc1. The Morgan fingerprint density at radius 2 is 1.31 bits per heavy atom. The third-order valence-corrected chi connectivity index (χ3v) is 3.95. The maximum absolute atomic E-state index is 13.0. The van der Waals surface area contributed by atoms with Crippen molar-refractivity contribution >= 4 is 11.4 Å². The molecule has 0 unspecified atom stereocenters. The molecule has 0 heterocycles. The molecular weight excluding hydrogens is 393 g/mol. The summed E-state index contributed by atoms with van der Waals surface area (Å²) in [5.74, 6) is -0.860. The second kappa shape index (κ2) is 7.58. The lowest BCUT2D eigenvalue weighted by Gasteiger charge is -2.13. The maximum atomic E-state index is 13.0. The summed E-state index contributed by atoms with van der Waals surface area (Å²) in [6.07, 6.45) is -5.00. The minimum absolute atomic E-state index is 0.0182. The van der Waals surface area contributed by atoms with Crippen molar-refractivity contribution in [3.8, 4) is 22.6 Å². The largest absolute Gasteiger partial charge is 0.444 e. The van der Waals surface area contributed by atoms with Gasteiger partial charge < -0.3 is 4.74 Å². The molecule has 0 fully saturated rings. The van der Waals surface area contributed by atoms with E-state index in [0.717, 1.165) is 0 Å². The summed E-state index contributed by atoms with van der Waals surface area (Å²) in [6.45, 7) is 0. The summed E-state index contributed by atoms with van der Waals surface area (Å²) in [7, 11) is 0. The normalized spacial score (nSPS) is 11.1. The van der Waals surface area contributed by atoms with E-state index in [1.165, 1.54) is 12.1 Å². The molecule has 3 rings (SSSR count). The highest BCUT2D eigenvalue weighted by Crippen LogP contribution is 2.45. The van der Waals surface area contributed by atoms with Gasteiger partial charge in [-0.05, 0) is 11.6 Å². The van der Waals surface area contributed by atoms with E-state index in [1.807, 2.05) is 0 Å². The fourth-order valence-electron chi connectivity index (χ4n) is 2.66. The Morgan fingerprint density at radius 1 is 0.793 bits per heavy atom. The summed E-state index contributed by atoms with van der Waals surface area (Å²) < 4.78 is 44.6. The molecule has 0 spiro atoms. The van der Waals surface area contributed by atoms with Crippen LogP contribution in [0.3, 0.4) is 0 Å². The van der Waals surface area contributed by atoms with E-state index in [0.29, 0.717) is 11.1 Å². The van der Waals surface area contributed by atoms with Crippen molar-refractivity contribution in [2.45, 2.75) is 6.18 Å². The Labute approximate surface area is 161 Å². The lowest BCUT2D eigenvalue weighted by atomic mass is 10.0. The van der Waals surface area contributed by atoms with Gasteiger partial charge in [0, 0.05) is 17.7 Å². The minimum Gasteiger partial charge on any atom is -0.444 e. The molecule has 0 radical (unpaired) electrons. The molecule has 3 aromatic rings. The van der Waals surface area contributed by atoms with Crippen molar-refractivity contribution in [3.63, 3.8) is 0 Å². The molecule has 0 N–H and O–H groups in total. The number of hydrogen-bond acceptors (Lipinski definition) is 5. The van der Waals surface area contributed by atoms with E-state index < -0.39 is 38.7 Å². The Hall–Kier alpha value is -3.95. The van der Waals surface area contributed by atoms with Crippen LogP contribution < -0.4 is 4.74 Å². The average Bonchev–Trinajstić information content (AvgIpc) is 2.68. The second-order valence-electron chi connectivity index (χ2n) is 5.82. The molecule has 0 aliphatic carbocycles. The maximum Gasteiger partial charge on any atom is 0.416 e. The van der Waals surface area contributed by atoms with Crippen molar-refractivity contribution < 1.29 is 27.8 Å². The summed E-state index contributed by atoms with van der Waals surface area (Å²) in [5.41, 5.74) is -2.72. The van der Waals surface area contributed by atoms with E-state index >= 15 is 0 Å². The molecule has 29 heavy (non-hydrogen) atoms.